The van der Waals surface area contributed by atoms with Crippen molar-refractivity contribution < 1.29 is 19.0 Å². The number of thiophene rings is 1. The van der Waals surface area contributed by atoms with Gasteiger partial charge in [-0.2, -0.15) is 5.10 Å². The van der Waals surface area contributed by atoms with Crippen LogP contribution in [0.3, 0.4) is 0 Å². The van der Waals surface area contributed by atoms with Crippen LogP contribution in [0.4, 0.5) is 0 Å². The molecule has 2 fully saturated rings. The molecule has 1 aromatic carbocycles. The lowest BCUT2D eigenvalue weighted by molar-refractivity contribution is -0.140. The summed E-state index contributed by atoms with van der Waals surface area (Å²) in [6, 6.07) is 9.45. The Morgan fingerprint density at radius 2 is 1.84 bits per heavy atom. The highest BCUT2D eigenvalue weighted by molar-refractivity contribution is 7.21. The maximum Gasteiger partial charge on any atom is 0.333 e. The van der Waals surface area contributed by atoms with Crippen molar-refractivity contribution in [2.75, 3.05) is 33.4 Å². The number of hydrogen-bond donors (Lipinski definition) is 0. The molecule has 2 saturated heterocycles. The molecule has 1 unspecified atom stereocenters. The van der Waals surface area contributed by atoms with Crippen LogP contribution in [-0.4, -0.2) is 69.2 Å². The molecule has 11 nitrogen and oxygen atoms in total. The van der Waals surface area contributed by atoms with E-state index >= 15 is 0 Å². The van der Waals surface area contributed by atoms with Gasteiger partial charge in [0.2, 0.25) is 5.91 Å². The van der Waals surface area contributed by atoms with Crippen LogP contribution >= 0.6 is 11.3 Å². The van der Waals surface area contributed by atoms with Crippen LogP contribution in [0.15, 0.2) is 52.3 Å². The molecule has 2 aliphatic rings. The number of fused-ring (bicyclic) bond motifs is 1. The molecular formula is C33H41N5O6S. The van der Waals surface area contributed by atoms with Gasteiger partial charge < -0.3 is 19.1 Å². The summed E-state index contributed by atoms with van der Waals surface area (Å²) < 4.78 is 22.5. The molecule has 0 bridgehead atoms. The first kappa shape index (κ1) is 31.3. The Morgan fingerprint density at radius 1 is 1.11 bits per heavy atom. The van der Waals surface area contributed by atoms with Gasteiger partial charge >= 0.3 is 5.69 Å². The Labute approximate surface area is 265 Å². The van der Waals surface area contributed by atoms with Crippen molar-refractivity contribution in [1.29, 1.82) is 0 Å². The van der Waals surface area contributed by atoms with E-state index in [4.69, 9.17) is 14.2 Å². The van der Waals surface area contributed by atoms with Gasteiger partial charge in [-0.3, -0.25) is 14.2 Å². The van der Waals surface area contributed by atoms with E-state index in [1.165, 1.54) is 11.3 Å². The second kappa shape index (κ2) is 12.9. The number of aromatic nitrogens is 4. The van der Waals surface area contributed by atoms with E-state index in [1.807, 2.05) is 43.5 Å². The number of rotatable bonds is 9. The molecule has 0 aliphatic carbocycles. The van der Waals surface area contributed by atoms with Crippen molar-refractivity contribution in [2.24, 2.45) is 0 Å². The number of para-hydroxylation sites is 1. The lowest BCUT2D eigenvalue weighted by Crippen LogP contribution is -2.57. The Morgan fingerprint density at radius 3 is 2.53 bits per heavy atom. The normalized spacial score (nSPS) is 17.1. The third-order valence-electron chi connectivity index (χ3n) is 8.98. The van der Waals surface area contributed by atoms with Crippen LogP contribution in [0, 0.1) is 6.92 Å². The quantitative estimate of drug-likeness (QED) is 0.268. The van der Waals surface area contributed by atoms with Gasteiger partial charge in [-0.15, -0.1) is 0 Å². The number of piperidine rings is 1. The molecule has 2 aliphatic heterocycles. The van der Waals surface area contributed by atoms with Crippen molar-refractivity contribution >= 4 is 27.5 Å². The lowest BCUT2D eigenvalue weighted by Gasteiger charge is -2.35. The molecule has 12 heteroatoms. The van der Waals surface area contributed by atoms with Gasteiger partial charge in [-0.1, -0.05) is 29.5 Å². The first-order valence-corrected chi connectivity index (χ1v) is 16.5. The minimum atomic E-state index is -1.41. The SMILES string of the molecule is COc1ccccc1C(Cn1c(=O)n(C(C)(C)C(=O)N2CCCCC2)c(=O)c2c(C)c(-n3cccn3)sc21)OC1CCOCC1. The van der Waals surface area contributed by atoms with Crippen LogP contribution < -0.4 is 16.0 Å². The molecule has 1 amide bonds. The number of amides is 1. The molecule has 1 atom stereocenters. The molecule has 3 aromatic heterocycles. The third kappa shape index (κ3) is 5.86. The van der Waals surface area contributed by atoms with Crippen LogP contribution in [0.5, 0.6) is 5.75 Å². The molecule has 45 heavy (non-hydrogen) atoms. The first-order valence-electron chi connectivity index (χ1n) is 15.7. The van der Waals surface area contributed by atoms with E-state index in [0.29, 0.717) is 47.8 Å². The van der Waals surface area contributed by atoms with Crippen molar-refractivity contribution in [2.45, 2.75) is 77.2 Å². The van der Waals surface area contributed by atoms with Gasteiger partial charge in [0.1, 0.15) is 27.2 Å². The maximum absolute atomic E-state index is 14.7. The summed E-state index contributed by atoms with van der Waals surface area (Å²) in [5, 5.41) is 5.54. The van der Waals surface area contributed by atoms with Crippen molar-refractivity contribution in [3.63, 3.8) is 0 Å². The topological polar surface area (TPSA) is 110 Å². The Bertz CT molecular complexity index is 1780. The summed E-state index contributed by atoms with van der Waals surface area (Å²) in [6.07, 6.45) is 7.17. The van der Waals surface area contributed by atoms with Gasteiger partial charge in [-0.05, 0) is 65.0 Å². The van der Waals surface area contributed by atoms with Gasteiger partial charge in [-0.25, -0.2) is 14.0 Å². The fourth-order valence-electron chi connectivity index (χ4n) is 6.53. The summed E-state index contributed by atoms with van der Waals surface area (Å²) in [6.45, 7) is 7.76. The molecule has 5 heterocycles. The monoisotopic (exact) mass is 635 g/mol. The second-order valence-corrected chi connectivity index (χ2v) is 13.3. The van der Waals surface area contributed by atoms with E-state index in [1.54, 1.807) is 41.3 Å². The summed E-state index contributed by atoms with van der Waals surface area (Å²) in [5.41, 5.74) is -0.942. The lowest BCUT2D eigenvalue weighted by atomic mass is 10.00. The van der Waals surface area contributed by atoms with Crippen LogP contribution in [0.2, 0.25) is 0 Å². The number of benzene rings is 1. The van der Waals surface area contributed by atoms with E-state index in [-0.39, 0.29) is 18.6 Å². The number of hydrogen-bond acceptors (Lipinski definition) is 8. The fourth-order valence-corrected chi connectivity index (χ4v) is 7.78. The first-order chi connectivity index (χ1) is 21.7. The standard InChI is InChI=1S/C33H41N5O6S/c1-22-27-28(39)38(33(2,3)31(40)35-16-8-5-9-17-35)32(41)36(30(27)45-29(22)37-18-10-15-34-37)21-26(44-23-13-19-43-20-14-23)24-11-6-7-12-25(24)42-4/h6-7,10-12,15,18,23,26H,5,8-9,13-14,16-17,19-21H2,1-4H3. The summed E-state index contributed by atoms with van der Waals surface area (Å²) in [7, 11) is 1.61. The van der Waals surface area contributed by atoms with Crippen LogP contribution in [0.25, 0.3) is 15.2 Å². The Kier molecular flexibility index (Phi) is 8.98. The summed E-state index contributed by atoms with van der Waals surface area (Å²) >= 11 is 1.33. The zero-order chi connectivity index (χ0) is 31.7. The van der Waals surface area contributed by atoms with Gasteiger partial charge in [0.25, 0.3) is 5.56 Å². The highest BCUT2D eigenvalue weighted by Crippen LogP contribution is 2.35. The van der Waals surface area contributed by atoms with Crippen molar-refractivity contribution in [3.05, 3.63) is 74.7 Å². The summed E-state index contributed by atoms with van der Waals surface area (Å²) in [5.74, 6) is 0.416. The number of nitrogens with zero attached hydrogens (tertiary/aromatic N) is 5. The second-order valence-electron chi connectivity index (χ2n) is 12.3. The minimum Gasteiger partial charge on any atom is -0.496 e. The Balaban J connectivity index is 1.55. The average molecular weight is 636 g/mol. The average Bonchev–Trinajstić information content (AvgIpc) is 3.71. The molecule has 240 valence electrons. The van der Waals surface area contributed by atoms with Gasteiger partial charge in [0, 0.05) is 49.8 Å². The molecular weight excluding hydrogens is 594 g/mol. The smallest absolute Gasteiger partial charge is 0.333 e. The number of carbonyl (C=O) groups excluding carboxylic acids is 1. The molecule has 0 N–H and O–H groups in total. The highest BCUT2D eigenvalue weighted by atomic mass is 32.1. The zero-order valence-electron chi connectivity index (χ0n) is 26.4. The van der Waals surface area contributed by atoms with Crippen LogP contribution in [-0.2, 0) is 26.4 Å². The molecule has 6 rings (SSSR count). The highest BCUT2D eigenvalue weighted by Gasteiger charge is 2.39. The number of aryl methyl sites for hydroxylation is 1. The minimum absolute atomic E-state index is 0.0763. The number of methoxy groups -OCH3 is 1. The van der Waals surface area contributed by atoms with E-state index < -0.39 is 22.9 Å². The van der Waals surface area contributed by atoms with Gasteiger partial charge in [0.05, 0.1) is 25.1 Å². The number of ether oxygens (including phenoxy) is 3. The predicted molar refractivity (Wildman–Crippen MR) is 173 cm³/mol. The predicted octanol–water partition coefficient (Wildman–Crippen LogP) is 4.41. The summed E-state index contributed by atoms with van der Waals surface area (Å²) in [4.78, 5) is 45.4. The van der Waals surface area contributed by atoms with E-state index in [9.17, 15) is 14.4 Å². The third-order valence-corrected chi connectivity index (χ3v) is 10.3. The maximum atomic E-state index is 14.7. The molecule has 0 radical (unpaired) electrons. The Hall–Kier alpha value is -3.74. The zero-order valence-corrected chi connectivity index (χ0v) is 27.2. The number of likely N-dealkylation sites (tertiary alicyclic amines) is 1. The molecule has 4 aromatic rings. The molecule has 0 spiro atoms. The van der Waals surface area contributed by atoms with Crippen LogP contribution in [0.1, 0.15) is 63.2 Å². The largest absolute Gasteiger partial charge is 0.496 e. The van der Waals surface area contributed by atoms with Gasteiger partial charge in [0.15, 0.2) is 0 Å². The van der Waals surface area contributed by atoms with Crippen molar-refractivity contribution in [3.8, 4) is 10.8 Å². The number of carbonyl (C=O) groups is 1. The fraction of sp³-hybridized carbons (Fsp3) is 0.515. The van der Waals surface area contributed by atoms with E-state index in [0.717, 1.165) is 47.2 Å². The molecule has 0 saturated carbocycles. The van der Waals surface area contributed by atoms with E-state index in [2.05, 4.69) is 5.10 Å². The van der Waals surface area contributed by atoms with Crippen molar-refractivity contribution in [1.82, 2.24) is 23.8 Å².